The number of nitrogens with one attached hydrogen (secondary N) is 1. The lowest BCUT2D eigenvalue weighted by Gasteiger charge is -2.33. The van der Waals surface area contributed by atoms with Crippen molar-refractivity contribution in [3.63, 3.8) is 0 Å². The van der Waals surface area contributed by atoms with Gasteiger partial charge in [-0.1, -0.05) is 13.0 Å². The normalized spacial score (nSPS) is 15.0. The van der Waals surface area contributed by atoms with Crippen LogP contribution in [0.5, 0.6) is 5.75 Å². The van der Waals surface area contributed by atoms with Crippen molar-refractivity contribution in [1.29, 1.82) is 0 Å². The van der Waals surface area contributed by atoms with Gasteiger partial charge in [-0.25, -0.2) is 9.18 Å². The number of para-hydroxylation sites is 1. The van der Waals surface area contributed by atoms with Gasteiger partial charge in [-0.2, -0.15) is 5.10 Å². The van der Waals surface area contributed by atoms with Crippen molar-refractivity contribution in [3.05, 3.63) is 30.1 Å². The number of anilines is 1. The highest BCUT2D eigenvalue weighted by atomic mass is 19.1. The summed E-state index contributed by atoms with van der Waals surface area (Å²) in [5, 5.41) is 26.9. The molecule has 1 saturated heterocycles. The van der Waals surface area contributed by atoms with Crippen molar-refractivity contribution in [3.8, 4) is 17.0 Å². The van der Waals surface area contributed by atoms with E-state index in [-0.39, 0.29) is 17.7 Å². The van der Waals surface area contributed by atoms with Crippen molar-refractivity contribution in [1.82, 2.24) is 24.9 Å². The fraction of sp³-hybridized carbons (Fsp3) is 0.500. The summed E-state index contributed by atoms with van der Waals surface area (Å²) in [7, 11) is 0. The third-order valence-corrected chi connectivity index (χ3v) is 5.72. The molecule has 1 aromatic carbocycles. The number of phenolic OH excluding ortho intramolecular Hbond substituents is 1. The van der Waals surface area contributed by atoms with Crippen molar-refractivity contribution >= 4 is 22.9 Å². The average Bonchev–Trinajstić information content (AvgIpc) is 3.16. The van der Waals surface area contributed by atoms with Gasteiger partial charge in [0, 0.05) is 25.2 Å². The number of carbonyl (C=O) groups excluding carboxylic acids is 1. The Bertz CT molecular complexity index is 1180. The first-order chi connectivity index (χ1) is 16.2. The lowest BCUT2D eigenvalue weighted by molar-refractivity contribution is 0.0186. The van der Waals surface area contributed by atoms with Gasteiger partial charge in [0.25, 0.3) is 0 Å². The number of amides is 1. The third kappa shape index (κ3) is 4.90. The van der Waals surface area contributed by atoms with Gasteiger partial charge in [0.1, 0.15) is 5.60 Å². The van der Waals surface area contributed by atoms with Gasteiger partial charge in [-0.3, -0.25) is 4.68 Å². The van der Waals surface area contributed by atoms with Crippen molar-refractivity contribution in [2.75, 3.05) is 25.0 Å². The molecule has 3 aromatic rings. The summed E-state index contributed by atoms with van der Waals surface area (Å²) in [4.78, 5) is 14.2. The van der Waals surface area contributed by atoms with Gasteiger partial charge in [0.15, 0.2) is 22.9 Å². The Morgan fingerprint density at radius 3 is 2.68 bits per heavy atom. The number of piperidine rings is 1. The van der Waals surface area contributed by atoms with Crippen molar-refractivity contribution < 1.29 is 19.0 Å². The highest BCUT2D eigenvalue weighted by Gasteiger charge is 2.29. The molecular formula is C24H31FN6O3. The van der Waals surface area contributed by atoms with Gasteiger partial charge < -0.3 is 20.1 Å². The van der Waals surface area contributed by atoms with E-state index < -0.39 is 17.2 Å². The van der Waals surface area contributed by atoms with Gasteiger partial charge in [-0.05, 0) is 58.2 Å². The molecule has 2 N–H and O–H groups in total. The summed E-state index contributed by atoms with van der Waals surface area (Å²) in [6.45, 7) is 9.46. The topological polar surface area (TPSA) is 105 Å². The SMILES string of the molecule is CCCNc1nn(C2CCN(C(=O)OC(C)(C)C)CC2)c2cc(-c3cccc(F)c3O)nnc12. The van der Waals surface area contributed by atoms with Crippen LogP contribution in [0.2, 0.25) is 0 Å². The number of aromatic hydroxyl groups is 1. The van der Waals surface area contributed by atoms with E-state index in [9.17, 15) is 14.3 Å². The Kier molecular flexibility index (Phi) is 6.58. The fourth-order valence-electron chi connectivity index (χ4n) is 4.05. The van der Waals surface area contributed by atoms with E-state index in [4.69, 9.17) is 9.84 Å². The average molecular weight is 471 g/mol. The number of ether oxygens (including phenoxy) is 1. The molecule has 0 unspecified atom stereocenters. The number of hydrogen-bond donors (Lipinski definition) is 2. The largest absolute Gasteiger partial charge is 0.504 e. The first-order valence-electron chi connectivity index (χ1n) is 11.6. The molecule has 9 nitrogen and oxygen atoms in total. The Morgan fingerprint density at radius 1 is 1.26 bits per heavy atom. The maximum atomic E-state index is 13.9. The van der Waals surface area contributed by atoms with Crippen LogP contribution in [0.1, 0.15) is 53.0 Å². The molecule has 0 aliphatic carbocycles. The molecule has 0 spiro atoms. The Balaban J connectivity index is 1.65. The molecule has 182 valence electrons. The number of aromatic nitrogens is 4. The van der Waals surface area contributed by atoms with Crippen molar-refractivity contribution in [2.24, 2.45) is 0 Å². The predicted molar refractivity (Wildman–Crippen MR) is 127 cm³/mol. The van der Waals surface area contributed by atoms with Crippen LogP contribution in [0.4, 0.5) is 15.0 Å². The quantitative estimate of drug-likeness (QED) is 0.555. The van der Waals surface area contributed by atoms with Crippen molar-refractivity contribution in [2.45, 2.75) is 58.6 Å². The monoisotopic (exact) mass is 470 g/mol. The van der Waals surface area contributed by atoms with Crippen LogP contribution in [0.15, 0.2) is 24.3 Å². The summed E-state index contributed by atoms with van der Waals surface area (Å²) in [5.74, 6) is -0.543. The molecule has 34 heavy (non-hydrogen) atoms. The van der Waals surface area contributed by atoms with E-state index >= 15 is 0 Å². The van der Waals surface area contributed by atoms with Crippen LogP contribution in [0.3, 0.4) is 0 Å². The minimum absolute atomic E-state index is 0.0384. The summed E-state index contributed by atoms with van der Waals surface area (Å²) in [6, 6.07) is 6.14. The molecule has 1 aliphatic rings. The smallest absolute Gasteiger partial charge is 0.410 e. The lowest BCUT2D eigenvalue weighted by Crippen LogP contribution is -2.42. The molecule has 1 amide bonds. The van der Waals surface area contributed by atoms with E-state index in [1.807, 2.05) is 25.5 Å². The first kappa shape index (κ1) is 23.7. The molecule has 0 bridgehead atoms. The maximum absolute atomic E-state index is 13.9. The Labute approximate surface area is 197 Å². The van der Waals surface area contributed by atoms with Crippen LogP contribution in [-0.2, 0) is 4.74 Å². The molecule has 0 saturated carbocycles. The molecule has 2 aromatic heterocycles. The zero-order valence-electron chi connectivity index (χ0n) is 20.0. The minimum atomic E-state index is -0.715. The van der Waals surface area contributed by atoms with Gasteiger partial charge in [-0.15, -0.1) is 10.2 Å². The van der Waals surface area contributed by atoms with Crippen LogP contribution in [0.25, 0.3) is 22.3 Å². The maximum Gasteiger partial charge on any atom is 0.410 e. The second kappa shape index (κ2) is 9.44. The molecule has 10 heteroatoms. The zero-order valence-corrected chi connectivity index (χ0v) is 20.0. The summed E-state index contributed by atoms with van der Waals surface area (Å²) in [6.07, 6.45) is 2.01. The van der Waals surface area contributed by atoms with Crippen LogP contribution in [0, 0.1) is 5.82 Å². The summed E-state index contributed by atoms with van der Waals surface area (Å²) < 4.78 is 21.3. The molecule has 0 radical (unpaired) electrons. The number of benzene rings is 1. The van der Waals surface area contributed by atoms with E-state index in [2.05, 4.69) is 22.4 Å². The molecule has 0 atom stereocenters. The number of nitrogens with zero attached hydrogens (tertiary/aromatic N) is 5. The summed E-state index contributed by atoms with van der Waals surface area (Å²) >= 11 is 0. The number of rotatable bonds is 5. The van der Waals surface area contributed by atoms with E-state index in [1.165, 1.54) is 12.1 Å². The van der Waals surface area contributed by atoms with Crippen LogP contribution >= 0.6 is 0 Å². The first-order valence-corrected chi connectivity index (χ1v) is 11.6. The third-order valence-electron chi connectivity index (χ3n) is 5.72. The van der Waals surface area contributed by atoms with E-state index in [0.29, 0.717) is 43.0 Å². The Morgan fingerprint density at radius 2 is 2.00 bits per heavy atom. The summed E-state index contributed by atoms with van der Waals surface area (Å²) in [5.41, 5.74) is 1.44. The van der Waals surface area contributed by atoms with Crippen LogP contribution in [-0.4, -0.2) is 61.3 Å². The number of hydrogen-bond acceptors (Lipinski definition) is 7. The number of halogens is 1. The zero-order chi connectivity index (χ0) is 24.5. The standard InChI is InChI=1S/C24H31FN6O3/c1-5-11-26-22-20-19(14-18(27-28-20)16-7-6-8-17(25)21(16)32)31(29-22)15-9-12-30(13-10-15)23(33)34-24(2,3)4/h6-8,14-15,32H,5,9-13H2,1-4H3,(H,26,29). The highest BCUT2D eigenvalue weighted by Crippen LogP contribution is 2.34. The van der Waals surface area contributed by atoms with Crippen LogP contribution < -0.4 is 5.32 Å². The molecule has 4 rings (SSSR count). The Hall–Kier alpha value is -3.43. The second-order valence-corrected chi connectivity index (χ2v) is 9.52. The molecule has 3 heterocycles. The molecular weight excluding hydrogens is 439 g/mol. The second-order valence-electron chi connectivity index (χ2n) is 9.52. The predicted octanol–water partition coefficient (Wildman–Crippen LogP) is 4.73. The number of carbonyl (C=O) groups is 1. The number of fused-ring (bicyclic) bond motifs is 1. The lowest BCUT2D eigenvalue weighted by atomic mass is 10.1. The fourth-order valence-corrected chi connectivity index (χ4v) is 4.05. The number of phenols is 1. The van der Waals surface area contributed by atoms with Gasteiger partial charge in [0.05, 0.1) is 17.3 Å². The number of likely N-dealkylation sites (tertiary alicyclic amines) is 1. The van der Waals surface area contributed by atoms with Gasteiger partial charge in [0.2, 0.25) is 0 Å². The highest BCUT2D eigenvalue weighted by molar-refractivity contribution is 5.88. The van der Waals surface area contributed by atoms with E-state index in [0.717, 1.165) is 18.5 Å². The van der Waals surface area contributed by atoms with E-state index in [1.54, 1.807) is 17.0 Å². The molecule has 1 fully saturated rings. The van der Waals surface area contributed by atoms with Gasteiger partial charge >= 0.3 is 6.09 Å². The minimum Gasteiger partial charge on any atom is -0.504 e. The molecule has 1 aliphatic heterocycles.